The van der Waals surface area contributed by atoms with E-state index in [9.17, 15) is 13.2 Å². The van der Waals surface area contributed by atoms with Crippen LogP contribution in [0.4, 0.5) is 13.2 Å². The lowest BCUT2D eigenvalue weighted by Crippen LogP contribution is -2.17. The quantitative estimate of drug-likeness (QED) is 0.571. The molecule has 0 N–H and O–H groups in total. The fourth-order valence-electron chi connectivity index (χ4n) is 3.59. The van der Waals surface area contributed by atoms with E-state index in [-0.39, 0.29) is 0 Å². The highest BCUT2D eigenvalue weighted by Crippen LogP contribution is 2.29. The Morgan fingerprint density at radius 3 is 2.33 bits per heavy atom. The molecule has 1 nitrogen and oxygen atoms in total. The summed E-state index contributed by atoms with van der Waals surface area (Å²) in [6.07, 6.45) is 5.85. The van der Waals surface area contributed by atoms with E-state index in [0.717, 1.165) is 30.8 Å². The molecule has 0 amide bonds. The molecule has 0 fully saturated rings. The normalized spacial score (nSPS) is 15.1. The van der Waals surface area contributed by atoms with Crippen LogP contribution < -0.4 is 0 Å². The number of hydrogen-bond donors (Lipinski definition) is 0. The third-order valence-corrected chi connectivity index (χ3v) is 5.08. The first kappa shape index (κ1) is 19.7. The van der Waals surface area contributed by atoms with Gasteiger partial charge in [0, 0.05) is 13.1 Å². The Kier molecular flexibility index (Phi) is 6.38. The Balaban J connectivity index is 1.54. The summed E-state index contributed by atoms with van der Waals surface area (Å²) in [5.41, 5.74) is 4.49. The van der Waals surface area contributed by atoms with Crippen LogP contribution in [0.15, 0.2) is 48.5 Å². The lowest BCUT2D eigenvalue weighted by molar-refractivity contribution is -0.137. The van der Waals surface area contributed by atoms with Crippen molar-refractivity contribution in [3.63, 3.8) is 0 Å². The first-order valence-electron chi connectivity index (χ1n) is 9.55. The van der Waals surface area contributed by atoms with E-state index >= 15 is 0 Å². The maximum Gasteiger partial charge on any atom is 0.416 e. The summed E-state index contributed by atoms with van der Waals surface area (Å²) >= 11 is 0. The van der Waals surface area contributed by atoms with E-state index in [1.165, 1.54) is 60.9 Å². The van der Waals surface area contributed by atoms with Gasteiger partial charge in [-0.2, -0.15) is 13.2 Å². The van der Waals surface area contributed by atoms with Gasteiger partial charge in [0.1, 0.15) is 0 Å². The largest absolute Gasteiger partial charge is 0.416 e. The van der Waals surface area contributed by atoms with Crippen LogP contribution in [0.1, 0.15) is 47.1 Å². The average molecular weight is 373 g/mol. The summed E-state index contributed by atoms with van der Waals surface area (Å²) in [5, 5.41) is 0. The molecule has 2 aromatic rings. The van der Waals surface area contributed by atoms with Crippen molar-refractivity contribution in [1.29, 1.82) is 0 Å². The second-order valence-corrected chi connectivity index (χ2v) is 7.38. The van der Waals surface area contributed by atoms with Gasteiger partial charge >= 0.3 is 6.18 Å². The Labute approximate surface area is 159 Å². The number of likely N-dealkylation sites (N-methyl/N-ethyl adjacent to an activating group) is 1. The van der Waals surface area contributed by atoms with Crippen molar-refractivity contribution in [2.45, 2.75) is 44.8 Å². The molecule has 0 saturated carbocycles. The minimum atomic E-state index is -4.28. The van der Waals surface area contributed by atoms with Gasteiger partial charge in [0.25, 0.3) is 0 Å². The minimum Gasteiger partial charge on any atom is -0.298 e. The zero-order valence-electron chi connectivity index (χ0n) is 15.7. The van der Waals surface area contributed by atoms with E-state index in [0.29, 0.717) is 0 Å². The Morgan fingerprint density at radius 1 is 0.926 bits per heavy atom. The van der Waals surface area contributed by atoms with E-state index in [1.54, 1.807) is 0 Å². The molecule has 0 saturated heterocycles. The lowest BCUT2D eigenvalue weighted by Gasteiger charge is -2.16. The van der Waals surface area contributed by atoms with Gasteiger partial charge < -0.3 is 0 Å². The maximum absolute atomic E-state index is 12.6. The smallest absolute Gasteiger partial charge is 0.298 e. The summed E-state index contributed by atoms with van der Waals surface area (Å²) in [5.74, 6) is 0. The molecule has 2 aromatic carbocycles. The second kappa shape index (κ2) is 8.75. The zero-order chi connectivity index (χ0) is 19.3. The molecule has 0 spiro atoms. The second-order valence-electron chi connectivity index (χ2n) is 7.38. The fourth-order valence-corrected chi connectivity index (χ4v) is 3.59. The summed E-state index contributed by atoms with van der Waals surface area (Å²) in [6, 6.07) is 12.1. The molecule has 144 valence electrons. The maximum atomic E-state index is 12.6. The lowest BCUT2D eigenvalue weighted by atomic mass is 10.00. The topological polar surface area (TPSA) is 3.24 Å². The number of hydrogen-bond acceptors (Lipinski definition) is 1. The van der Waals surface area contributed by atoms with Crippen LogP contribution in [0, 0.1) is 0 Å². The molecule has 3 rings (SSSR count). The van der Waals surface area contributed by atoms with Crippen molar-refractivity contribution >= 4 is 6.08 Å². The fraction of sp³-hybridized carbons (Fsp3) is 0.391. The molecular formula is C23H26F3N. The number of benzene rings is 2. The molecule has 1 aliphatic carbocycles. The van der Waals surface area contributed by atoms with Crippen LogP contribution in [-0.2, 0) is 25.6 Å². The van der Waals surface area contributed by atoms with E-state index in [1.807, 2.05) is 12.2 Å². The van der Waals surface area contributed by atoms with Crippen LogP contribution in [0.5, 0.6) is 0 Å². The van der Waals surface area contributed by atoms with Crippen molar-refractivity contribution in [2.75, 3.05) is 13.6 Å². The van der Waals surface area contributed by atoms with E-state index < -0.39 is 11.7 Å². The molecule has 27 heavy (non-hydrogen) atoms. The molecule has 0 radical (unpaired) electrons. The first-order valence-corrected chi connectivity index (χ1v) is 9.55. The van der Waals surface area contributed by atoms with E-state index in [4.69, 9.17) is 0 Å². The number of aryl methyl sites for hydroxylation is 2. The molecule has 0 heterocycles. The third-order valence-electron chi connectivity index (χ3n) is 5.08. The van der Waals surface area contributed by atoms with Gasteiger partial charge in [0.2, 0.25) is 0 Å². The van der Waals surface area contributed by atoms with Gasteiger partial charge in [0.15, 0.2) is 0 Å². The van der Waals surface area contributed by atoms with Crippen LogP contribution in [-0.4, -0.2) is 18.5 Å². The summed E-state index contributed by atoms with van der Waals surface area (Å²) in [7, 11) is 2.06. The monoisotopic (exact) mass is 373 g/mol. The zero-order valence-corrected chi connectivity index (χ0v) is 15.7. The predicted octanol–water partition coefficient (Wildman–Crippen LogP) is 6.12. The van der Waals surface area contributed by atoms with Gasteiger partial charge in [-0.05, 0) is 67.1 Å². The standard InChI is InChI=1S/C23H26F3N/c1-27(15-5-6-18-10-13-22(14-11-18)23(24,25)26)17-19-9-12-20-7-3-2-4-8-21(20)16-19/h5-6,9-14,16H,2-4,7-8,15,17H2,1H3. The molecule has 0 atom stereocenters. The third kappa shape index (κ3) is 5.70. The molecule has 0 bridgehead atoms. The predicted molar refractivity (Wildman–Crippen MR) is 105 cm³/mol. The van der Waals surface area contributed by atoms with Crippen molar-refractivity contribution in [2.24, 2.45) is 0 Å². The molecule has 0 aromatic heterocycles. The van der Waals surface area contributed by atoms with Crippen molar-refractivity contribution in [3.05, 3.63) is 76.4 Å². The van der Waals surface area contributed by atoms with E-state index in [2.05, 4.69) is 30.1 Å². The van der Waals surface area contributed by atoms with Crippen LogP contribution in [0.2, 0.25) is 0 Å². The Hall–Kier alpha value is -2.07. The van der Waals surface area contributed by atoms with Crippen LogP contribution >= 0.6 is 0 Å². The Morgan fingerprint density at radius 2 is 1.63 bits per heavy atom. The average Bonchev–Trinajstić information content (AvgIpc) is 2.86. The van der Waals surface area contributed by atoms with Gasteiger partial charge in [0.05, 0.1) is 5.56 Å². The summed E-state index contributed by atoms with van der Waals surface area (Å²) in [4.78, 5) is 2.21. The number of fused-ring (bicyclic) bond motifs is 1. The Bertz CT molecular complexity index is 775. The van der Waals surface area contributed by atoms with Crippen molar-refractivity contribution in [1.82, 2.24) is 4.90 Å². The number of rotatable bonds is 5. The summed E-state index contributed by atoms with van der Waals surface area (Å²) in [6.45, 7) is 1.61. The van der Waals surface area contributed by atoms with Gasteiger partial charge in [-0.15, -0.1) is 0 Å². The number of nitrogens with zero attached hydrogens (tertiary/aromatic N) is 1. The van der Waals surface area contributed by atoms with Gasteiger partial charge in [-0.1, -0.05) is 48.9 Å². The number of alkyl halides is 3. The number of halogens is 3. The van der Waals surface area contributed by atoms with Crippen molar-refractivity contribution in [3.8, 4) is 0 Å². The molecule has 1 aliphatic rings. The SMILES string of the molecule is CN(CC=Cc1ccc(C(F)(F)F)cc1)Cc1ccc2c(c1)CCCCC2. The minimum absolute atomic E-state index is 0.611. The highest BCUT2D eigenvalue weighted by molar-refractivity contribution is 5.50. The molecular weight excluding hydrogens is 347 g/mol. The van der Waals surface area contributed by atoms with Gasteiger partial charge in [-0.25, -0.2) is 0 Å². The molecule has 0 aliphatic heterocycles. The highest BCUT2D eigenvalue weighted by Gasteiger charge is 2.29. The molecule has 0 unspecified atom stereocenters. The summed E-state index contributed by atoms with van der Waals surface area (Å²) < 4.78 is 37.8. The first-order chi connectivity index (χ1) is 12.9. The van der Waals surface area contributed by atoms with Crippen LogP contribution in [0.3, 0.4) is 0 Å². The molecule has 4 heteroatoms. The van der Waals surface area contributed by atoms with Gasteiger partial charge in [-0.3, -0.25) is 4.90 Å². The highest BCUT2D eigenvalue weighted by atomic mass is 19.4. The van der Waals surface area contributed by atoms with Crippen molar-refractivity contribution < 1.29 is 13.2 Å². The van der Waals surface area contributed by atoms with Crippen LogP contribution in [0.25, 0.3) is 6.08 Å².